The van der Waals surface area contributed by atoms with Gasteiger partial charge in [-0.2, -0.15) is 0 Å². The highest BCUT2D eigenvalue weighted by atomic mass is 32.1. The van der Waals surface area contributed by atoms with Gasteiger partial charge in [0.05, 0.1) is 17.1 Å². The lowest BCUT2D eigenvalue weighted by atomic mass is 10.1. The minimum absolute atomic E-state index is 0.0376. The lowest BCUT2D eigenvalue weighted by molar-refractivity contribution is -0.384. The van der Waals surface area contributed by atoms with E-state index in [-0.39, 0.29) is 17.4 Å². The van der Waals surface area contributed by atoms with Crippen molar-refractivity contribution in [1.29, 1.82) is 0 Å². The number of nitrogens with zero attached hydrogens (tertiary/aromatic N) is 1. The minimum Gasteiger partial charge on any atom is -0.462 e. The summed E-state index contributed by atoms with van der Waals surface area (Å²) in [7, 11) is 0. The Balaban J connectivity index is 1.82. The van der Waals surface area contributed by atoms with Crippen LogP contribution in [-0.2, 0) is 11.2 Å². The Bertz CT molecular complexity index is 1110. The molecule has 0 unspecified atom stereocenters. The van der Waals surface area contributed by atoms with E-state index < -0.39 is 10.9 Å². The molecule has 0 fully saturated rings. The molecule has 0 aliphatic carbocycles. The Kier molecular flexibility index (Phi) is 7.32. The molecular formula is C22H21N3O4S2. The van der Waals surface area contributed by atoms with Gasteiger partial charge < -0.3 is 15.4 Å². The summed E-state index contributed by atoms with van der Waals surface area (Å²) in [5.74, 6) is -0.435. The van der Waals surface area contributed by atoms with Crippen molar-refractivity contribution in [3.63, 3.8) is 0 Å². The van der Waals surface area contributed by atoms with Gasteiger partial charge in [0.2, 0.25) is 0 Å². The zero-order valence-corrected chi connectivity index (χ0v) is 18.6. The van der Waals surface area contributed by atoms with Crippen molar-refractivity contribution in [3.05, 3.63) is 86.3 Å². The summed E-state index contributed by atoms with van der Waals surface area (Å²) in [6.07, 6.45) is 0.670. The lowest BCUT2D eigenvalue weighted by Crippen LogP contribution is -2.20. The Hall–Kier alpha value is -3.30. The molecule has 7 nitrogen and oxygen atoms in total. The molecule has 3 aromatic rings. The van der Waals surface area contributed by atoms with Gasteiger partial charge in [-0.1, -0.05) is 36.4 Å². The predicted molar refractivity (Wildman–Crippen MR) is 127 cm³/mol. The summed E-state index contributed by atoms with van der Waals surface area (Å²) in [6.45, 7) is 3.83. The predicted octanol–water partition coefficient (Wildman–Crippen LogP) is 5.54. The van der Waals surface area contributed by atoms with Crippen LogP contribution >= 0.6 is 23.6 Å². The average Bonchev–Trinajstić information content (AvgIpc) is 3.12. The quantitative estimate of drug-likeness (QED) is 0.209. The van der Waals surface area contributed by atoms with E-state index in [0.717, 1.165) is 16.0 Å². The van der Waals surface area contributed by atoms with Gasteiger partial charge in [-0.25, -0.2) is 4.79 Å². The number of anilines is 2. The average molecular weight is 456 g/mol. The number of nitro groups is 1. The number of rotatable bonds is 7. The normalized spacial score (nSPS) is 10.4. The number of non-ortho nitro benzene ring substituents is 1. The van der Waals surface area contributed by atoms with Gasteiger partial charge >= 0.3 is 5.97 Å². The highest BCUT2D eigenvalue weighted by molar-refractivity contribution is 7.80. The molecule has 0 amide bonds. The zero-order valence-electron chi connectivity index (χ0n) is 17.0. The summed E-state index contributed by atoms with van der Waals surface area (Å²) >= 11 is 6.81. The molecule has 1 heterocycles. The monoisotopic (exact) mass is 455 g/mol. The Morgan fingerprint density at radius 2 is 1.90 bits per heavy atom. The lowest BCUT2D eigenvalue weighted by Gasteiger charge is -2.12. The molecule has 2 aromatic carbocycles. The van der Waals surface area contributed by atoms with Crippen molar-refractivity contribution in [3.8, 4) is 0 Å². The number of thiophene rings is 1. The Morgan fingerprint density at radius 1 is 1.16 bits per heavy atom. The third-order valence-electron chi connectivity index (χ3n) is 4.41. The zero-order chi connectivity index (χ0) is 22.4. The molecule has 0 aliphatic rings. The minimum atomic E-state index is -0.463. The van der Waals surface area contributed by atoms with Crippen molar-refractivity contribution in [2.24, 2.45) is 0 Å². The SMILES string of the molecule is CCOC(=O)c1cc(Cc2ccccc2)sc1NC(=S)Nc1cc([N+](=O)[O-])ccc1C. The number of hydrogen-bond acceptors (Lipinski definition) is 6. The number of aryl methyl sites for hydroxylation is 1. The van der Waals surface area contributed by atoms with E-state index in [4.69, 9.17) is 17.0 Å². The summed E-state index contributed by atoms with van der Waals surface area (Å²) < 4.78 is 5.18. The number of thiocarbonyl (C=S) groups is 1. The van der Waals surface area contributed by atoms with Crippen molar-refractivity contribution in [2.75, 3.05) is 17.2 Å². The summed E-state index contributed by atoms with van der Waals surface area (Å²) in [6, 6.07) is 16.2. The number of hydrogen-bond donors (Lipinski definition) is 2. The summed E-state index contributed by atoms with van der Waals surface area (Å²) in [5, 5.41) is 17.9. The van der Waals surface area contributed by atoms with Gasteiger partial charge in [-0.05, 0) is 43.3 Å². The first kappa shape index (κ1) is 22.4. The van der Waals surface area contributed by atoms with Crippen LogP contribution in [0.15, 0.2) is 54.6 Å². The molecule has 1 aromatic heterocycles. The van der Waals surface area contributed by atoms with Crippen LogP contribution in [-0.4, -0.2) is 22.6 Å². The molecular weight excluding hydrogens is 434 g/mol. The van der Waals surface area contributed by atoms with E-state index >= 15 is 0 Å². The van der Waals surface area contributed by atoms with E-state index in [2.05, 4.69) is 10.6 Å². The molecule has 0 bridgehead atoms. The fourth-order valence-corrected chi connectivity index (χ4v) is 4.25. The fraction of sp³-hybridized carbons (Fsp3) is 0.182. The highest BCUT2D eigenvalue weighted by Gasteiger charge is 2.19. The van der Waals surface area contributed by atoms with Crippen LogP contribution in [0.25, 0.3) is 0 Å². The van der Waals surface area contributed by atoms with E-state index in [0.29, 0.717) is 22.7 Å². The third-order valence-corrected chi connectivity index (χ3v) is 5.66. The molecule has 9 heteroatoms. The molecule has 0 aliphatic heterocycles. The fourth-order valence-electron chi connectivity index (χ4n) is 2.89. The standard InChI is InChI=1S/C22H21N3O4S2/c1-3-29-21(26)18-13-17(11-15-7-5-4-6-8-15)31-20(18)24-22(30)23-19-12-16(25(27)28)10-9-14(19)2/h4-10,12-13H,3,11H2,1-2H3,(H2,23,24,30). The number of nitro benzene ring substituents is 1. The maximum atomic E-state index is 12.5. The van der Waals surface area contributed by atoms with E-state index in [1.807, 2.05) is 37.3 Å². The molecule has 0 saturated carbocycles. The largest absolute Gasteiger partial charge is 0.462 e. The summed E-state index contributed by atoms with van der Waals surface area (Å²) in [5.41, 5.74) is 2.81. The Labute approximate surface area is 189 Å². The first-order valence-electron chi connectivity index (χ1n) is 9.54. The van der Waals surface area contributed by atoms with Gasteiger partial charge in [0.25, 0.3) is 5.69 Å². The van der Waals surface area contributed by atoms with Crippen molar-refractivity contribution >= 4 is 51.0 Å². The van der Waals surface area contributed by atoms with Gasteiger partial charge in [0.15, 0.2) is 5.11 Å². The van der Waals surface area contributed by atoms with E-state index in [1.54, 1.807) is 19.1 Å². The topological polar surface area (TPSA) is 93.5 Å². The number of ether oxygens (including phenoxy) is 1. The molecule has 31 heavy (non-hydrogen) atoms. The number of carbonyl (C=O) groups excluding carboxylic acids is 1. The van der Waals surface area contributed by atoms with Crippen molar-refractivity contribution in [2.45, 2.75) is 20.3 Å². The van der Waals surface area contributed by atoms with Gasteiger partial charge in [-0.15, -0.1) is 11.3 Å². The first-order chi connectivity index (χ1) is 14.9. The van der Waals surface area contributed by atoms with Crippen LogP contribution < -0.4 is 10.6 Å². The second kappa shape index (κ2) is 10.1. The van der Waals surface area contributed by atoms with E-state index in [1.165, 1.54) is 23.5 Å². The van der Waals surface area contributed by atoms with Crippen molar-refractivity contribution in [1.82, 2.24) is 0 Å². The Morgan fingerprint density at radius 3 is 2.58 bits per heavy atom. The third kappa shape index (κ3) is 5.87. The number of nitrogens with one attached hydrogen (secondary N) is 2. The molecule has 0 radical (unpaired) electrons. The van der Waals surface area contributed by atoms with Crippen molar-refractivity contribution < 1.29 is 14.5 Å². The molecule has 0 spiro atoms. The van der Waals surface area contributed by atoms with E-state index in [9.17, 15) is 14.9 Å². The smallest absolute Gasteiger partial charge is 0.341 e. The van der Waals surface area contributed by atoms with Crippen LogP contribution in [0.1, 0.15) is 33.3 Å². The number of carbonyl (C=O) groups is 1. The molecule has 160 valence electrons. The molecule has 0 atom stereocenters. The maximum absolute atomic E-state index is 12.5. The first-order valence-corrected chi connectivity index (χ1v) is 10.8. The van der Waals surface area contributed by atoms with Crippen LogP contribution in [0.4, 0.5) is 16.4 Å². The molecule has 0 saturated heterocycles. The van der Waals surface area contributed by atoms with Gasteiger partial charge in [-0.3, -0.25) is 10.1 Å². The molecule has 3 rings (SSSR count). The number of benzene rings is 2. The van der Waals surface area contributed by atoms with Crippen LogP contribution in [0, 0.1) is 17.0 Å². The van der Waals surface area contributed by atoms with Crippen LogP contribution in [0.5, 0.6) is 0 Å². The summed E-state index contributed by atoms with van der Waals surface area (Å²) in [4.78, 5) is 24.0. The van der Waals surface area contributed by atoms with Gasteiger partial charge in [0, 0.05) is 29.1 Å². The van der Waals surface area contributed by atoms with Crippen LogP contribution in [0.2, 0.25) is 0 Å². The second-order valence-corrected chi connectivity index (χ2v) is 8.22. The maximum Gasteiger partial charge on any atom is 0.341 e. The number of esters is 1. The van der Waals surface area contributed by atoms with Gasteiger partial charge in [0.1, 0.15) is 5.00 Å². The molecule has 2 N–H and O–H groups in total. The van der Waals surface area contributed by atoms with Crippen LogP contribution in [0.3, 0.4) is 0 Å². The second-order valence-electron chi connectivity index (χ2n) is 6.67. The highest BCUT2D eigenvalue weighted by Crippen LogP contribution is 2.31.